The molecule has 3 nitrogen and oxygen atoms in total. The van der Waals surface area contributed by atoms with E-state index in [0.717, 1.165) is 16.9 Å². The predicted octanol–water partition coefficient (Wildman–Crippen LogP) is 3.28. The fourth-order valence-corrected chi connectivity index (χ4v) is 1.81. The van der Waals surface area contributed by atoms with Crippen molar-refractivity contribution in [2.24, 2.45) is 0 Å². The predicted molar refractivity (Wildman–Crippen MR) is 72.6 cm³/mol. The number of rotatable bonds is 5. The second kappa shape index (κ2) is 6.58. The van der Waals surface area contributed by atoms with Crippen LogP contribution in [0.2, 0.25) is 0 Å². The van der Waals surface area contributed by atoms with Gasteiger partial charge in [0.15, 0.2) is 0 Å². The highest BCUT2D eigenvalue weighted by Crippen LogP contribution is 2.21. The van der Waals surface area contributed by atoms with Gasteiger partial charge in [-0.05, 0) is 23.8 Å². The number of ether oxygens (including phenoxy) is 2. The van der Waals surface area contributed by atoms with Gasteiger partial charge < -0.3 is 9.47 Å². The zero-order valence-electron chi connectivity index (χ0n) is 10.8. The van der Waals surface area contributed by atoms with Gasteiger partial charge in [0.1, 0.15) is 5.75 Å². The van der Waals surface area contributed by atoms with E-state index in [0.29, 0.717) is 18.8 Å². The molecule has 0 aliphatic rings. The molecule has 0 radical (unpaired) electrons. The number of methoxy groups -OCH3 is 1. The number of nitrogens with zero attached hydrogens (tertiary/aromatic N) is 1. The van der Waals surface area contributed by atoms with Gasteiger partial charge in [-0.25, -0.2) is 0 Å². The van der Waals surface area contributed by atoms with Gasteiger partial charge >= 0.3 is 0 Å². The molecule has 0 saturated carbocycles. The van der Waals surface area contributed by atoms with E-state index in [9.17, 15) is 0 Å². The van der Waals surface area contributed by atoms with Crippen LogP contribution in [0, 0.1) is 11.3 Å². The molecule has 0 atom stereocenters. The van der Waals surface area contributed by atoms with Gasteiger partial charge in [-0.15, -0.1) is 0 Å². The van der Waals surface area contributed by atoms with E-state index in [2.05, 4.69) is 6.07 Å². The van der Waals surface area contributed by atoms with Crippen molar-refractivity contribution in [1.82, 2.24) is 0 Å². The molecule has 0 fully saturated rings. The van der Waals surface area contributed by atoms with Crippen LogP contribution < -0.4 is 4.74 Å². The van der Waals surface area contributed by atoms with Crippen molar-refractivity contribution < 1.29 is 9.47 Å². The largest absolute Gasteiger partial charge is 0.496 e. The first-order valence-corrected chi connectivity index (χ1v) is 6.02. The number of hydrogen-bond donors (Lipinski definition) is 0. The molecule has 2 aromatic rings. The minimum Gasteiger partial charge on any atom is -0.496 e. The first kappa shape index (κ1) is 13.1. The highest BCUT2D eigenvalue weighted by atomic mass is 16.5. The third kappa shape index (κ3) is 3.57. The summed E-state index contributed by atoms with van der Waals surface area (Å²) in [5.74, 6) is 0.743. The molecule has 0 unspecified atom stereocenters. The average Bonchev–Trinajstić information content (AvgIpc) is 2.48. The Balaban J connectivity index is 2.01. The van der Waals surface area contributed by atoms with Crippen molar-refractivity contribution in [2.75, 3.05) is 7.11 Å². The van der Waals surface area contributed by atoms with Gasteiger partial charge in [0, 0.05) is 5.56 Å². The van der Waals surface area contributed by atoms with Gasteiger partial charge in [-0.2, -0.15) is 5.26 Å². The molecule has 0 aromatic heterocycles. The highest BCUT2D eigenvalue weighted by molar-refractivity contribution is 5.41. The summed E-state index contributed by atoms with van der Waals surface area (Å²) >= 11 is 0. The summed E-state index contributed by atoms with van der Waals surface area (Å²) in [6.45, 7) is 0.967. The van der Waals surface area contributed by atoms with Crippen LogP contribution in [0.4, 0.5) is 0 Å². The lowest BCUT2D eigenvalue weighted by atomic mass is 10.1. The Morgan fingerprint density at radius 3 is 2.53 bits per heavy atom. The fraction of sp³-hybridized carbons (Fsp3) is 0.188. The molecule has 0 saturated heterocycles. The topological polar surface area (TPSA) is 42.2 Å². The van der Waals surface area contributed by atoms with Crippen LogP contribution in [0.3, 0.4) is 0 Å². The van der Waals surface area contributed by atoms with E-state index in [1.54, 1.807) is 25.3 Å². The van der Waals surface area contributed by atoms with Crippen LogP contribution in [0.25, 0.3) is 0 Å². The molecule has 3 heteroatoms. The third-order valence-electron chi connectivity index (χ3n) is 2.78. The molecule has 0 bridgehead atoms. The Hall–Kier alpha value is -2.31. The lowest BCUT2D eigenvalue weighted by Gasteiger charge is -2.09. The minimum absolute atomic E-state index is 0.424. The van der Waals surface area contributed by atoms with Crippen LogP contribution in [-0.2, 0) is 18.0 Å². The van der Waals surface area contributed by atoms with Crippen LogP contribution >= 0.6 is 0 Å². The van der Waals surface area contributed by atoms with Crippen LogP contribution in [0.15, 0.2) is 48.5 Å². The van der Waals surface area contributed by atoms with Crippen LogP contribution in [-0.4, -0.2) is 7.11 Å². The van der Waals surface area contributed by atoms with Gasteiger partial charge in [-0.1, -0.05) is 30.3 Å². The zero-order chi connectivity index (χ0) is 13.5. The fourth-order valence-electron chi connectivity index (χ4n) is 1.81. The summed E-state index contributed by atoms with van der Waals surface area (Å²) in [7, 11) is 1.61. The number of benzene rings is 2. The third-order valence-corrected chi connectivity index (χ3v) is 2.78. The molecule has 0 amide bonds. The maximum atomic E-state index is 8.90. The first-order chi connectivity index (χ1) is 9.33. The summed E-state index contributed by atoms with van der Waals surface area (Å²) in [4.78, 5) is 0. The highest BCUT2D eigenvalue weighted by Gasteiger charge is 2.04. The van der Waals surface area contributed by atoms with E-state index < -0.39 is 0 Å². The van der Waals surface area contributed by atoms with Crippen molar-refractivity contribution in [3.63, 3.8) is 0 Å². The van der Waals surface area contributed by atoms with Crippen LogP contribution in [0.1, 0.15) is 16.7 Å². The second-order valence-electron chi connectivity index (χ2n) is 4.12. The van der Waals surface area contributed by atoms with Crippen molar-refractivity contribution in [3.8, 4) is 11.8 Å². The molecule has 2 rings (SSSR count). The SMILES string of the molecule is COc1ccc(C#N)cc1COCc1ccccc1. The summed E-state index contributed by atoms with van der Waals surface area (Å²) in [6, 6.07) is 17.4. The Morgan fingerprint density at radius 1 is 1.05 bits per heavy atom. The smallest absolute Gasteiger partial charge is 0.124 e. The Kier molecular flexibility index (Phi) is 4.54. The van der Waals surface area contributed by atoms with E-state index in [4.69, 9.17) is 14.7 Å². The van der Waals surface area contributed by atoms with E-state index in [-0.39, 0.29) is 0 Å². The lowest BCUT2D eigenvalue weighted by molar-refractivity contribution is 0.105. The van der Waals surface area contributed by atoms with Crippen LogP contribution in [0.5, 0.6) is 5.75 Å². The standard InChI is InChI=1S/C16H15NO2/c1-18-16-8-7-14(10-17)9-15(16)12-19-11-13-5-3-2-4-6-13/h2-9H,11-12H2,1H3. The van der Waals surface area contributed by atoms with Gasteiger partial charge in [0.05, 0.1) is 32.0 Å². The van der Waals surface area contributed by atoms with Crippen molar-refractivity contribution in [3.05, 3.63) is 65.2 Å². The monoisotopic (exact) mass is 253 g/mol. The van der Waals surface area contributed by atoms with Crippen molar-refractivity contribution >= 4 is 0 Å². The van der Waals surface area contributed by atoms with E-state index in [1.807, 2.05) is 30.3 Å². The molecule has 0 heterocycles. The normalized spacial score (nSPS) is 9.89. The Bertz CT molecular complexity index is 573. The summed E-state index contributed by atoms with van der Waals surface area (Å²) in [5, 5.41) is 8.90. The molecule has 2 aromatic carbocycles. The maximum Gasteiger partial charge on any atom is 0.124 e. The number of nitriles is 1. The molecule has 0 N–H and O–H groups in total. The van der Waals surface area contributed by atoms with Gasteiger partial charge in [-0.3, -0.25) is 0 Å². The molecular weight excluding hydrogens is 238 g/mol. The summed E-state index contributed by atoms with van der Waals surface area (Å²) < 4.78 is 10.9. The van der Waals surface area contributed by atoms with Gasteiger partial charge in [0.2, 0.25) is 0 Å². The van der Waals surface area contributed by atoms with E-state index >= 15 is 0 Å². The Labute approximate surface area is 113 Å². The Morgan fingerprint density at radius 2 is 1.84 bits per heavy atom. The second-order valence-corrected chi connectivity index (χ2v) is 4.12. The minimum atomic E-state index is 0.424. The van der Waals surface area contributed by atoms with E-state index in [1.165, 1.54) is 0 Å². The first-order valence-electron chi connectivity index (χ1n) is 6.02. The van der Waals surface area contributed by atoms with Gasteiger partial charge in [0.25, 0.3) is 0 Å². The summed E-state index contributed by atoms with van der Waals surface area (Å²) in [6.07, 6.45) is 0. The van der Waals surface area contributed by atoms with Crippen molar-refractivity contribution in [2.45, 2.75) is 13.2 Å². The molecule has 0 spiro atoms. The molecule has 96 valence electrons. The molecule has 0 aliphatic carbocycles. The quantitative estimate of drug-likeness (QED) is 0.821. The molecule has 19 heavy (non-hydrogen) atoms. The average molecular weight is 253 g/mol. The molecule has 0 aliphatic heterocycles. The lowest BCUT2D eigenvalue weighted by Crippen LogP contribution is -1.98. The zero-order valence-corrected chi connectivity index (χ0v) is 10.8. The van der Waals surface area contributed by atoms with Crippen molar-refractivity contribution in [1.29, 1.82) is 5.26 Å². The number of hydrogen-bond acceptors (Lipinski definition) is 3. The summed E-state index contributed by atoms with van der Waals surface area (Å²) in [5.41, 5.74) is 2.62. The maximum absolute atomic E-state index is 8.90. The molecular formula is C16H15NO2.